The average molecular weight is 453 g/mol. The quantitative estimate of drug-likeness (QED) is 0.625. The molecule has 1 N–H and O–H groups in total. The van der Waals surface area contributed by atoms with E-state index >= 15 is 0 Å². The zero-order valence-electron chi connectivity index (χ0n) is 17.8. The summed E-state index contributed by atoms with van der Waals surface area (Å²) >= 11 is 1.40. The molecule has 1 atom stereocenters. The van der Waals surface area contributed by atoms with Gasteiger partial charge < -0.3 is 10.2 Å². The summed E-state index contributed by atoms with van der Waals surface area (Å²) in [4.78, 5) is 34.2. The van der Waals surface area contributed by atoms with Gasteiger partial charge in [-0.25, -0.2) is 4.98 Å². The fourth-order valence-corrected chi connectivity index (χ4v) is 4.37. The van der Waals surface area contributed by atoms with Crippen molar-refractivity contribution in [3.63, 3.8) is 0 Å². The van der Waals surface area contributed by atoms with Gasteiger partial charge in [0.15, 0.2) is 0 Å². The first-order chi connectivity index (χ1) is 14.4. The van der Waals surface area contributed by atoms with E-state index < -0.39 is 23.7 Å². The number of para-hydroxylation sites is 1. The molecule has 166 valence electrons. The van der Waals surface area contributed by atoms with E-state index in [1.807, 2.05) is 13.8 Å². The topological polar surface area (TPSA) is 67.2 Å². The van der Waals surface area contributed by atoms with Crippen LogP contribution in [0.2, 0.25) is 0 Å². The van der Waals surface area contributed by atoms with Crippen molar-refractivity contribution < 1.29 is 18.0 Å². The first-order valence-electron chi connectivity index (χ1n) is 9.54. The van der Waals surface area contributed by atoms with Crippen molar-refractivity contribution in [3.8, 4) is 0 Å². The lowest BCUT2D eigenvalue weighted by Gasteiger charge is -2.21. The van der Waals surface area contributed by atoms with Crippen LogP contribution in [0.3, 0.4) is 0 Å². The van der Waals surface area contributed by atoms with E-state index in [2.05, 4.69) is 10.3 Å². The number of amides is 1. The molecule has 0 aliphatic rings. The molecule has 2 heterocycles. The maximum absolute atomic E-state index is 13.3. The number of carbonyl (C=O) groups excluding carboxylic acids is 1. The van der Waals surface area contributed by atoms with Crippen LogP contribution in [0.25, 0.3) is 10.2 Å². The number of hydrogen-bond acceptors (Lipinski definition) is 5. The smallest absolute Gasteiger partial charge is 0.324 e. The second kappa shape index (κ2) is 8.43. The number of halogens is 3. The van der Waals surface area contributed by atoms with Crippen molar-refractivity contribution in [2.24, 2.45) is 0 Å². The van der Waals surface area contributed by atoms with Gasteiger partial charge in [-0.1, -0.05) is 12.1 Å². The van der Waals surface area contributed by atoms with Gasteiger partial charge in [0.1, 0.15) is 16.7 Å². The Hall–Kier alpha value is -2.72. The summed E-state index contributed by atoms with van der Waals surface area (Å²) < 4.78 is 41.2. The Morgan fingerprint density at radius 2 is 1.90 bits per heavy atom. The Labute approximate surface area is 181 Å². The summed E-state index contributed by atoms with van der Waals surface area (Å²) in [5.74, 6) is -0.361. The Kier molecular flexibility index (Phi) is 6.24. The molecule has 1 aromatic carbocycles. The monoisotopic (exact) mass is 452 g/mol. The van der Waals surface area contributed by atoms with Crippen molar-refractivity contribution in [1.29, 1.82) is 0 Å². The second-order valence-electron chi connectivity index (χ2n) is 7.61. The van der Waals surface area contributed by atoms with Gasteiger partial charge >= 0.3 is 6.18 Å². The van der Waals surface area contributed by atoms with Crippen LogP contribution in [0.1, 0.15) is 34.8 Å². The Morgan fingerprint density at radius 3 is 2.52 bits per heavy atom. The lowest BCUT2D eigenvalue weighted by atomic mass is 10.1. The predicted octanol–water partition coefficient (Wildman–Crippen LogP) is 4.35. The molecule has 10 heteroatoms. The molecule has 0 bridgehead atoms. The number of nitrogens with zero attached hydrogens (tertiary/aromatic N) is 3. The van der Waals surface area contributed by atoms with Gasteiger partial charge in [0.05, 0.1) is 23.2 Å². The first kappa shape index (κ1) is 23.0. The minimum Gasteiger partial charge on any atom is -0.324 e. The van der Waals surface area contributed by atoms with Gasteiger partial charge in [-0.05, 0) is 52.6 Å². The number of thiophene rings is 1. The number of benzene rings is 1. The number of anilines is 1. The van der Waals surface area contributed by atoms with Crippen molar-refractivity contribution >= 4 is 33.1 Å². The molecule has 1 unspecified atom stereocenters. The summed E-state index contributed by atoms with van der Waals surface area (Å²) in [5, 5.41) is 2.76. The van der Waals surface area contributed by atoms with Crippen molar-refractivity contribution in [2.45, 2.75) is 39.5 Å². The van der Waals surface area contributed by atoms with Crippen LogP contribution in [0.4, 0.5) is 18.9 Å². The van der Waals surface area contributed by atoms with Gasteiger partial charge in [-0.3, -0.25) is 14.2 Å². The van der Waals surface area contributed by atoms with Gasteiger partial charge in [-0.15, -0.1) is 11.3 Å². The lowest BCUT2D eigenvalue weighted by Crippen LogP contribution is -2.36. The zero-order chi connectivity index (χ0) is 23.1. The molecule has 2 aromatic heterocycles. The minimum absolute atomic E-state index is 0.290. The number of carbonyl (C=O) groups is 1. The van der Waals surface area contributed by atoms with Crippen LogP contribution in [0.15, 0.2) is 29.1 Å². The van der Waals surface area contributed by atoms with Gasteiger partial charge in [-0.2, -0.15) is 13.2 Å². The highest BCUT2D eigenvalue weighted by atomic mass is 32.1. The van der Waals surface area contributed by atoms with Crippen molar-refractivity contribution in [1.82, 2.24) is 14.5 Å². The van der Waals surface area contributed by atoms with Crippen molar-refractivity contribution in [2.75, 3.05) is 19.4 Å². The van der Waals surface area contributed by atoms with Crippen LogP contribution >= 0.6 is 11.3 Å². The Balaban J connectivity index is 2.08. The third kappa shape index (κ3) is 4.49. The highest BCUT2D eigenvalue weighted by molar-refractivity contribution is 7.18. The molecular formula is C21H23F3N4O2S. The third-order valence-corrected chi connectivity index (χ3v) is 6.12. The molecule has 0 fully saturated rings. The molecule has 0 radical (unpaired) electrons. The van der Waals surface area contributed by atoms with Gasteiger partial charge in [0.2, 0.25) is 5.91 Å². The number of fused-ring (bicyclic) bond motifs is 1. The van der Waals surface area contributed by atoms with Gasteiger partial charge in [0, 0.05) is 4.88 Å². The number of aryl methyl sites for hydroxylation is 2. The number of hydrogen-bond donors (Lipinski definition) is 1. The van der Waals surface area contributed by atoms with Crippen molar-refractivity contribution in [3.05, 3.63) is 56.4 Å². The summed E-state index contributed by atoms with van der Waals surface area (Å²) in [6, 6.07) is 3.67. The molecule has 0 aliphatic heterocycles. The van der Waals surface area contributed by atoms with E-state index in [1.54, 1.807) is 19.0 Å². The standard InChI is InChI=1S/C21H23F3N4O2S/c1-11-13(3)31-19-17(11)20(30)28(16(26-19)10-27(4)5)12(2)18(29)25-15-9-7-6-8-14(15)21(22,23)24/h6-9,12H,10H2,1-5H3,(H,25,29). The summed E-state index contributed by atoms with van der Waals surface area (Å²) in [6.45, 7) is 5.48. The summed E-state index contributed by atoms with van der Waals surface area (Å²) in [7, 11) is 3.60. The molecule has 3 aromatic rings. The molecule has 31 heavy (non-hydrogen) atoms. The SMILES string of the molecule is Cc1sc2nc(CN(C)C)n(C(C)C(=O)Nc3ccccc3C(F)(F)F)c(=O)c2c1C. The maximum Gasteiger partial charge on any atom is 0.418 e. The van der Waals surface area contributed by atoms with E-state index in [0.717, 1.165) is 16.5 Å². The average Bonchev–Trinajstić information content (AvgIpc) is 2.94. The normalized spacial score (nSPS) is 13.1. The van der Waals surface area contributed by atoms with Crippen LogP contribution < -0.4 is 10.9 Å². The first-order valence-corrected chi connectivity index (χ1v) is 10.4. The number of aromatic nitrogens is 2. The Bertz CT molecular complexity index is 1200. The van der Waals surface area contributed by atoms with Gasteiger partial charge in [0.25, 0.3) is 5.56 Å². The van der Waals surface area contributed by atoms with E-state index in [-0.39, 0.29) is 17.8 Å². The number of nitrogens with one attached hydrogen (secondary N) is 1. The molecule has 0 saturated heterocycles. The summed E-state index contributed by atoms with van der Waals surface area (Å²) in [5.41, 5.74) is -0.895. The van der Waals surface area contributed by atoms with Crippen LogP contribution in [-0.4, -0.2) is 34.5 Å². The van der Waals surface area contributed by atoms with E-state index in [1.165, 1.54) is 41.0 Å². The fraction of sp³-hybridized carbons (Fsp3) is 0.381. The third-order valence-electron chi connectivity index (χ3n) is 5.02. The van der Waals surface area contributed by atoms with E-state index in [4.69, 9.17) is 0 Å². The van der Waals surface area contributed by atoms with Crippen LogP contribution in [-0.2, 0) is 17.5 Å². The lowest BCUT2D eigenvalue weighted by molar-refractivity contribution is -0.137. The highest BCUT2D eigenvalue weighted by Gasteiger charge is 2.34. The molecule has 0 saturated carbocycles. The molecule has 3 rings (SSSR count). The highest BCUT2D eigenvalue weighted by Crippen LogP contribution is 2.35. The minimum atomic E-state index is -4.62. The molecule has 0 aliphatic carbocycles. The predicted molar refractivity (Wildman–Crippen MR) is 116 cm³/mol. The molecular weight excluding hydrogens is 429 g/mol. The molecule has 6 nitrogen and oxygen atoms in total. The second-order valence-corrected chi connectivity index (χ2v) is 8.82. The Morgan fingerprint density at radius 1 is 1.26 bits per heavy atom. The largest absolute Gasteiger partial charge is 0.418 e. The molecule has 1 amide bonds. The summed E-state index contributed by atoms with van der Waals surface area (Å²) in [6.07, 6.45) is -4.62. The van der Waals surface area contributed by atoms with E-state index in [9.17, 15) is 22.8 Å². The van der Waals surface area contributed by atoms with Crippen LogP contribution in [0.5, 0.6) is 0 Å². The van der Waals surface area contributed by atoms with Crippen LogP contribution in [0, 0.1) is 13.8 Å². The van der Waals surface area contributed by atoms with E-state index in [0.29, 0.717) is 16.0 Å². The number of alkyl halides is 3. The number of rotatable bonds is 5. The zero-order valence-corrected chi connectivity index (χ0v) is 18.6. The molecule has 0 spiro atoms. The maximum atomic E-state index is 13.3. The fourth-order valence-electron chi connectivity index (χ4n) is 3.34.